The van der Waals surface area contributed by atoms with Crippen LogP contribution in [-0.4, -0.2) is 10.6 Å². The fourth-order valence-corrected chi connectivity index (χ4v) is 8.13. The summed E-state index contributed by atoms with van der Waals surface area (Å²) in [5, 5.41) is 2.53. The highest BCUT2D eigenvalue weighted by Gasteiger charge is 2.22. The zero-order chi connectivity index (χ0) is 38.3. The minimum absolute atomic E-state index is 0.150. The van der Waals surface area contributed by atoms with Gasteiger partial charge in [-0.3, -0.25) is 0 Å². The van der Waals surface area contributed by atoms with Crippen molar-refractivity contribution in [2.24, 2.45) is 0 Å². The highest BCUT2D eigenvalue weighted by Crippen LogP contribution is 2.43. The third-order valence-electron chi connectivity index (χ3n) is 10.6. The maximum absolute atomic E-state index is 2.46. The van der Waals surface area contributed by atoms with Gasteiger partial charge in [-0.25, -0.2) is 0 Å². The van der Waals surface area contributed by atoms with E-state index in [0.29, 0.717) is 0 Å². The molecule has 274 valence electrons. The lowest BCUT2D eigenvalue weighted by Gasteiger charge is -2.31. The van der Waals surface area contributed by atoms with Crippen molar-refractivity contribution in [2.75, 3.05) is 4.90 Å². The lowest BCUT2D eigenvalue weighted by atomic mass is 9.81. The van der Waals surface area contributed by atoms with Crippen LogP contribution in [0, 0.1) is 0 Å². The molecule has 2 nitrogen and oxygen atoms in total. The summed E-state index contributed by atoms with van der Waals surface area (Å²) < 4.78 is 2.46. The van der Waals surface area contributed by atoms with Crippen LogP contribution in [0.5, 0.6) is 0 Å². The first-order chi connectivity index (χ1) is 27.2. The van der Waals surface area contributed by atoms with E-state index in [1.54, 1.807) is 0 Å². The minimum atomic E-state index is 0.150. The zero-order valence-electron chi connectivity index (χ0n) is 33.1. The molecule has 2 heterocycles. The summed E-state index contributed by atoms with van der Waals surface area (Å²) in [4.78, 5) is 2.46. The highest BCUT2D eigenvalue weighted by molar-refractivity contribution is 6.11. The molecule has 55 heavy (non-hydrogen) atoms. The summed E-state index contributed by atoms with van der Waals surface area (Å²) in [5.74, 6) is 0. The first kappa shape index (κ1) is 37.2. The fraction of sp³-hybridized carbons (Fsp3) is 0.170. The Morgan fingerprint density at radius 2 is 1.27 bits per heavy atom. The molecule has 2 aliphatic rings. The molecule has 0 spiro atoms. The largest absolute Gasteiger partial charge is 0.335 e. The average molecular weight is 717 g/mol. The number of nitrogens with zero attached hydrogens (tertiary/aromatic N) is 2. The summed E-state index contributed by atoms with van der Waals surface area (Å²) in [6.07, 6.45) is 15.4. The number of allylic oxidation sites excluding steroid dienone is 7. The van der Waals surface area contributed by atoms with Gasteiger partial charge in [-0.1, -0.05) is 155 Å². The van der Waals surface area contributed by atoms with Gasteiger partial charge in [0.2, 0.25) is 0 Å². The Labute approximate surface area is 328 Å². The molecule has 1 aliphatic heterocycles. The Bertz CT molecular complexity index is 2560. The maximum atomic E-state index is 2.46. The Kier molecular flexibility index (Phi) is 11.4. The minimum Gasteiger partial charge on any atom is -0.335 e. The molecule has 0 fully saturated rings. The van der Waals surface area contributed by atoms with Crippen LogP contribution < -0.4 is 4.90 Å². The maximum Gasteiger partial charge on any atom is 0.0541 e. The van der Waals surface area contributed by atoms with Gasteiger partial charge in [0.25, 0.3) is 0 Å². The third kappa shape index (κ3) is 7.13. The quantitative estimate of drug-likeness (QED) is 0.176. The van der Waals surface area contributed by atoms with Crippen molar-refractivity contribution in [3.63, 3.8) is 0 Å². The highest BCUT2D eigenvalue weighted by atomic mass is 15.2. The molecular formula is C53H52N2. The predicted octanol–water partition coefficient (Wildman–Crippen LogP) is 14.9. The number of benzene rings is 6. The van der Waals surface area contributed by atoms with E-state index >= 15 is 0 Å². The molecule has 7 aromatic rings. The van der Waals surface area contributed by atoms with Crippen molar-refractivity contribution < 1.29 is 0 Å². The van der Waals surface area contributed by atoms with E-state index in [-0.39, 0.29) is 6.04 Å². The first-order valence-electron chi connectivity index (χ1n) is 20.1. The molecule has 1 aromatic heterocycles. The standard InChI is InChI=1S/C49H40N2.2C2H6/c1-3-4-14-38-31-39-16-8-10-19-42(39)45-32-36(25-29-43(38)45)37-26-30-49-46(33-37)44-20-11-13-22-48(44)51(49)41-27-23-34(2)50(40-17-6-5-7-18-40)47-21-12-9-15-35(47)24-28-41;2*1-2/h3-23,25-30,32-34H,24,31H2,1-2H3;2*1-2H3/b4-3-,27-23-,38-14+,41-28+;;. The summed E-state index contributed by atoms with van der Waals surface area (Å²) >= 11 is 0. The molecule has 9 rings (SSSR count). The molecule has 0 saturated carbocycles. The van der Waals surface area contributed by atoms with Gasteiger partial charge in [-0.15, -0.1) is 0 Å². The van der Waals surface area contributed by atoms with Gasteiger partial charge in [0, 0.05) is 33.9 Å². The van der Waals surface area contributed by atoms with Crippen LogP contribution in [0.1, 0.15) is 58.2 Å². The van der Waals surface area contributed by atoms with Crippen molar-refractivity contribution >= 4 is 44.5 Å². The fourth-order valence-electron chi connectivity index (χ4n) is 8.13. The van der Waals surface area contributed by atoms with Gasteiger partial charge in [-0.05, 0) is 120 Å². The Morgan fingerprint density at radius 3 is 2.09 bits per heavy atom. The summed E-state index contributed by atoms with van der Waals surface area (Å²) in [5.41, 5.74) is 16.6. The van der Waals surface area contributed by atoms with E-state index in [2.05, 4.69) is 199 Å². The van der Waals surface area contributed by atoms with Gasteiger partial charge in [0.05, 0.1) is 11.0 Å². The number of aromatic nitrogens is 1. The van der Waals surface area contributed by atoms with Crippen LogP contribution in [0.15, 0.2) is 176 Å². The van der Waals surface area contributed by atoms with Crippen LogP contribution >= 0.6 is 0 Å². The van der Waals surface area contributed by atoms with E-state index in [9.17, 15) is 0 Å². The second-order valence-electron chi connectivity index (χ2n) is 13.7. The molecule has 6 aromatic carbocycles. The van der Waals surface area contributed by atoms with E-state index in [1.807, 2.05) is 27.7 Å². The molecule has 0 radical (unpaired) electrons. The van der Waals surface area contributed by atoms with E-state index in [1.165, 1.54) is 83.4 Å². The van der Waals surface area contributed by atoms with Gasteiger partial charge in [0.15, 0.2) is 0 Å². The molecule has 0 amide bonds. The summed E-state index contributed by atoms with van der Waals surface area (Å²) in [6, 6.07) is 51.5. The van der Waals surface area contributed by atoms with Crippen LogP contribution in [0.2, 0.25) is 0 Å². The van der Waals surface area contributed by atoms with Crippen LogP contribution in [0.4, 0.5) is 11.4 Å². The topological polar surface area (TPSA) is 8.17 Å². The monoisotopic (exact) mass is 716 g/mol. The molecule has 0 N–H and O–H groups in total. The normalized spacial score (nSPS) is 17.0. The van der Waals surface area contributed by atoms with Crippen LogP contribution in [-0.2, 0) is 12.8 Å². The smallest absolute Gasteiger partial charge is 0.0541 e. The number of fused-ring (bicyclic) bond motifs is 7. The molecule has 1 unspecified atom stereocenters. The molecule has 1 atom stereocenters. The second-order valence-corrected chi connectivity index (χ2v) is 13.7. The van der Waals surface area contributed by atoms with Crippen molar-refractivity contribution in [3.8, 4) is 22.3 Å². The molecule has 2 heteroatoms. The average Bonchev–Trinajstić information content (AvgIpc) is 3.61. The van der Waals surface area contributed by atoms with E-state index < -0.39 is 0 Å². The molecule has 0 bridgehead atoms. The number of para-hydroxylation sites is 3. The molecular weight excluding hydrogens is 665 g/mol. The summed E-state index contributed by atoms with van der Waals surface area (Å²) in [7, 11) is 0. The van der Waals surface area contributed by atoms with Crippen LogP contribution in [0.25, 0.3) is 55.3 Å². The lowest BCUT2D eigenvalue weighted by Crippen LogP contribution is -2.27. The van der Waals surface area contributed by atoms with E-state index in [4.69, 9.17) is 0 Å². The van der Waals surface area contributed by atoms with E-state index in [0.717, 1.165) is 12.8 Å². The first-order valence-corrected chi connectivity index (χ1v) is 20.1. The van der Waals surface area contributed by atoms with Crippen molar-refractivity contribution in [1.29, 1.82) is 0 Å². The van der Waals surface area contributed by atoms with Crippen molar-refractivity contribution in [1.82, 2.24) is 4.57 Å². The summed E-state index contributed by atoms with van der Waals surface area (Å²) in [6.45, 7) is 12.4. The Hall–Kier alpha value is -6.12. The predicted molar refractivity (Wildman–Crippen MR) is 241 cm³/mol. The van der Waals surface area contributed by atoms with Crippen molar-refractivity contribution in [2.45, 2.75) is 60.4 Å². The van der Waals surface area contributed by atoms with Gasteiger partial charge >= 0.3 is 0 Å². The Morgan fingerprint density at radius 1 is 0.600 bits per heavy atom. The second kappa shape index (κ2) is 16.9. The number of hydrogen-bond acceptors (Lipinski definition) is 1. The Balaban J connectivity index is 0.00000113. The van der Waals surface area contributed by atoms with Gasteiger partial charge in [0.1, 0.15) is 0 Å². The molecule has 0 saturated heterocycles. The van der Waals surface area contributed by atoms with Crippen LogP contribution in [0.3, 0.4) is 0 Å². The number of hydrogen-bond donors (Lipinski definition) is 0. The van der Waals surface area contributed by atoms with Crippen molar-refractivity contribution in [3.05, 3.63) is 193 Å². The zero-order valence-corrected chi connectivity index (χ0v) is 33.1. The third-order valence-corrected chi connectivity index (χ3v) is 10.6. The van der Waals surface area contributed by atoms with Gasteiger partial charge < -0.3 is 9.47 Å². The molecule has 1 aliphatic carbocycles. The number of anilines is 2. The SMILES string of the molecule is C/C=C\C=C1/Cc2ccccc2-c2cc(-c3ccc4c(c3)c3ccccc3n4C3=C/Cc4ccccc4N(c4ccccc4)C(C)/C=C\3)ccc21.CC.CC. The number of rotatable bonds is 4. The van der Waals surface area contributed by atoms with Gasteiger partial charge in [-0.2, -0.15) is 0 Å². The lowest BCUT2D eigenvalue weighted by molar-refractivity contribution is 0.859.